The highest BCUT2D eigenvalue weighted by atomic mass is 32.1. The van der Waals surface area contributed by atoms with Crippen LogP contribution in [0.1, 0.15) is 0 Å². The molecule has 2 heterocycles. The lowest BCUT2D eigenvalue weighted by Gasteiger charge is -2.18. The minimum absolute atomic E-state index is 0.934. The van der Waals surface area contributed by atoms with Gasteiger partial charge in [0, 0.05) is 36.3 Å². The zero-order chi connectivity index (χ0) is 32.8. The second kappa shape index (κ2) is 10.6. The normalized spacial score (nSPS) is 12.0. The molecule has 0 aliphatic carbocycles. The highest BCUT2D eigenvalue weighted by Crippen LogP contribution is 2.49. The van der Waals surface area contributed by atoms with Crippen LogP contribution in [0.3, 0.4) is 0 Å². The zero-order valence-corrected chi connectivity index (χ0v) is 27.8. The van der Waals surface area contributed by atoms with E-state index in [1.807, 2.05) is 11.3 Å². The Morgan fingerprint density at radius 1 is 0.340 bits per heavy atom. The molecule has 2 aromatic heterocycles. The molecular formula is C48H28OS. The van der Waals surface area contributed by atoms with E-state index in [0.29, 0.717) is 0 Å². The maximum Gasteiger partial charge on any atom is 0.145 e. The van der Waals surface area contributed by atoms with Crippen molar-refractivity contribution >= 4 is 85.8 Å². The molecule has 2 heteroatoms. The summed E-state index contributed by atoms with van der Waals surface area (Å²) in [6, 6.07) is 61.8. The number of para-hydroxylation sites is 1. The highest BCUT2D eigenvalue weighted by molar-refractivity contribution is 7.27. The van der Waals surface area contributed by atoms with Crippen molar-refractivity contribution in [1.82, 2.24) is 0 Å². The maximum absolute atomic E-state index is 6.67. The zero-order valence-electron chi connectivity index (χ0n) is 27.0. The first kappa shape index (κ1) is 27.7. The molecule has 0 saturated carbocycles. The molecule has 0 bridgehead atoms. The van der Waals surface area contributed by atoms with Crippen LogP contribution in [0, 0.1) is 0 Å². The Morgan fingerprint density at radius 2 is 0.880 bits per heavy atom. The van der Waals surface area contributed by atoms with Gasteiger partial charge in [-0.25, -0.2) is 0 Å². The Hall–Kier alpha value is -6.22. The predicted molar refractivity (Wildman–Crippen MR) is 215 cm³/mol. The first-order valence-electron chi connectivity index (χ1n) is 17.1. The maximum atomic E-state index is 6.67. The molecular weight excluding hydrogens is 625 g/mol. The lowest BCUT2D eigenvalue weighted by Crippen LogP contribution is -1.91. The van der Waals surface area contributed by atoms with Crippen molar-refractivity contribution in [3.05, 3.63) is 170 Å². The smallest absolute Gasteiger partial charge is 0.145 e. The van der Waals surface area contributed by atoms with Gasteiger partial charge in [0.2, 0.25) is 0 Å². The third kappa shape index (κ3) is 3.94. The average molecular weight is 653 g/mol. The van der Waals surface area contributed by atoms with Crippen LogP contribution >= 0.6 is 11.3 Å². The molecule has 0 aliphatic rings. The lowest BCUT2D eigenvalue weighted by molar-refractivity contribution is 0.673. The number of rotatable bonds is 3. The van der Waals surface area contributed by atoms with Crippen LogP contribution in [0.4, 0.5) is 0 Å². The van der Waals surface area contributed by atoms with E-state index in [1.54, 1.807) is 0 Å². The van der Waals surface area contributed by atoms with Crippen LogP contribution < -0.4 is 0 Å². The molecule has 0 fully saturated rings. The summed E-state index contributed by atoms with van der Waals surface area (Å²) in [6.07, 6.45) is 0. The molecule has 0 radical (unpaired) electrons. The fraction of sp³-hybridized carbons (Fsp3) is 0. The molecule has 11 aromatic rings. The van der Waals surface area contributed by atoms with Crippen molar-refractivity contribution in [2.24, 2.45) is 0 Å². The second-order valence-electron chi connectivity index (χ2n) is 13.2. The number of hydrogen-bond donors (Lipinski definition) is 0. The topological polar surface area (TPSA) is 13.1 Å². The minimum Gasteiger partial charge on any atom is -0.455 e. The molecule has 232 valence electrons. The summed E-state index contributed by atoms with van der Waals surface area (Å²) in [5.74, 6) is 0. The molecule has 1 nitrogen and oxygen atoms in total. The third-order valence-electron chi connectivity index (χ3n) is 10.4. The fourth-order valence-electron chi connectivity index (χ4n) is 8.29. The average Bonchev–Trinajstić information content (AvgIpc) is 3.76. The lowest BCUT2D eigenvalue weighted by atomic mass is 9.85. The third-order valence-corrected chi connectivity index (χ3v) is 11.6. The summed E-state index contributed by atoms with van der Waals surface area (Å²) in [6.45, 7) is 0. The van der Waals surface area contributed by atoms with Crippen molar-refractivity contribution in [3.63, 3.8) is 0 Å². The number of benzene rings is 9. The van der Waals surface area contributed by atoms with Gasteiger partial charge < -0.3 is 4.42 Å². The molecule has 0 aliphatic heterocycles. The fourth-order valence-corrected chi connectivity index (χ4v) is 9.57. The predicted octanol–water partition coefficient (Wildman–Crippen LogP) is 14.4. The largest absolute Gasteiger partial charge is 0.455 e. The van der Waals surface area contributed by atoms with Crippen molar-refractivity contribution in [2.45, 2.75) is 0 Å². The molecule has 9 aromatic carbocycles. The summed E-state index contributed by atoms with van der Waals surface area (Å²) in [7, 11) is 0. The summed E-state index contributed by atoms with van der Waals surface area (Å²) >= 11 is 1.88. The van der Waals surface area contributed by atoms with Gasteiger partial charge in [0.1, 0.15) is 11.2 Å². The van der Waals surface area contributed by atoms with E-state index in [9.17, 15) is 0 Å². The summed E-state index contributed by atoms with van der Waals surface area (Å²) in [5.41, 5.74) is 9.38. The van der Waals surface area contributed by atoms with E-state index < -0.39 is 0 Å². The molecule has 0 unspecified atom stereocenters. The van der Waals surface area contributed by atoms with Crippen molar-refractivity contribution in [3.8, 4) is 33.4 Å². The van der Waals surface area contributed by atoms with Crippen LogP contribution in [0.15, 0.2) is 174 Å². The summed E-state index contributed by atoms with van der Waals surface area (Å²) < 4.78 is 9.22. The number of fused-ring (bicyclic) bond motifs is 12. The van der Waals surface area contributed by atoms with Crippen molar-refractivity contribution < 1.29 is 4.42 Å². The monoisotopic (exact) mass is 652 g/mol. The Morgan fingerprint density at radius 3 is 1.58 bits per heavy atom. The Kier molecular flexibility index (Phi) is 5.89. The highest BCUT2D eigenvalue weighted by Gasteiger charge is 2.21. The van der Waals surface area contributed by atoms with Gasteiger partial charge in [-0.15, -0.1) is 11.3 Å². The first-order chi connectivity index (χ1) is 24.8. The van der Waals surface area contributed by atoms with Gasteiger partial charge in [0.05, 0.1) is 0 Å². The SMILES string of the molecule is c1ccc(-c2cccc(-c3c4ccccc4c(-c4ccc5c(c4)sc4c6ccccc6c6c7ccccc7oc6c54)c4ccccc34)c2)cc1. The minimum atomic E-state index is 0.934. The van der Waals surface area contributed by atoms with Crippen molar-refractivity contribution in [1.29, 1.82) is 0 Å². The molecule has 0 atom stereocenters. The molecule has 11 rings (SSSR count). The molecule has 0 spiro atoms. The number of hydrogen-bond acceptors (Lipinski definition) is 2. The molecule has 50 heavy (non-hydrogen) atoms. The van der Waals surface area contributed by atoms with Crippen LogP contribution in [0.2, 0.25) is 0 Å². The molecule has 0 amide bonds. The Labute approximate surface area is 292 Å². The van der Waals surface area contributed by atoms with Crippen LogP contribution in [0.5, 0.6) is 0 Å². The van der Waals surface area contributed by atoms with Gasteiger partial charge in [-0.2, -0.15) is 0 Å². The standard InChI is InChI=1S/C48H28OS/c1-2-13-29(14-3-1)30-15-12-16-31(27-30)43-33-17-4-6-19-35(33)44(36-20-7-5-18-34(36)43)32-25-26-40-42(28-32)50-48-38-22-9-8-21-37(38)45-39-23-10-11-24-41(39)49-47(45)46(40)48/h1-28H. The quantitative estimate of drug-likeness (QED) is 0.173. The summed E-state index contributed by atoms with van der Waals surface area (Å²) in [5, 5.41) is 12.4. The van der Waals surface area contributed by atoms with Crippen LogP contribution in [-0.2, 0) is 0 Å². The summed E-state index contributed by atoms with van der Waals surface area (Å²) in [4.78, 5) is 0. The van der Waals surface area contributed by atoms with Gasteiger partial charge in [0.15, 0.2) is 0 Å². The van der Waals surface area contributed by atoms with E-state index in [4.69, 9.17) is 4.42 Å². The van der Waals surface area contributed by atoms with Gasteiger partial charge in [-0.3, -0.25) is 0 Å². The van der Waals surface area contributed by atoms with Gasteiger partial charge >= 0.3 is 0 Å². The molecule has 0 N–H and O–H groups in total. The number of thiophene rings is 1. The van der Waals surface area contributed by atoms with Crippen LogP contribution in [-0.4, -0.2) is 0 Å². The van der Waals surface area contributed by atoms with E-state index in [2.05, 4.69) is 170 Å². The van der Waals surface area contributed by atoms with Crippen molar-refractivity contribution in [2.75, 3.05) is 0 Å². The van der Waals surface area contributed by atoms with Crippen LogP contribution in [0.25, 0.3) is 108 Å². The Balaban J connectivity index is 1.19. The van der Waals surface area contributed by atoms with Gasteiger partial charge in [-0.05, 0) is 78.5 Å². The van der Waals surface area contributed by atoms with E-state index in [-0.39, 0.29) is 0 Å². The molecule has 0 saturated heterocycles. The van der Waals surface area contributed by atoms with E-state index in [1.165, 1.54) is 96.6 Å². The van der Waals surface area contributed by atoms with E-state index in [0.717, 1.165) is 11.2 Å². The first-order valence-corrected chi connectivity index (χ1v) is 17.9. The van der Waals surface area contributed by atoms with E-state index >= 15 is 0 Å². The van der Waals surface area contributed by atoms with Gasteiger partial charge in [-0.1, -0.05) is 152 Å². The number of furan rings is 1. The Bertz CT molecular complexity index is 3090. The second-order valence-corrected chi connectivity index (χ2v) is 14.2. The van der Waals surface area contributed by atoms with Gasteiger partial charge in [0.25, 0.3) is 0 Å².